The number of aryl methyl sites for hydroxylation is 2. The second-order valence-corrected chi connectivity index (χ2v) is 6.51. The highest BCUT2D eigenvalue weighted by molar-refractivity contribution is 14.0. The Morgan fingerprint density at radius 1 is 1.30 bits per heavy atom. The van der Waals surface area contributed by atoms with Crippen molar-refractivity contribution in [3.05, 3.63) is 52.3 Å². The smallest absolute Gasteiger partial charge is 0.248 e. The van der Waals surface area contributed by atoms with Gasteiger partial charge in [0.05, 0.1) is 5.69 Å². The van der Waals surface area contributed by atoms with Gasteiger partial charge in [-0.2, -0.15) is 5.10 Å². The Morgan fingerprint density at radius 2 is 1.93 bits per heavy atom. The number of rotatable bonds is 6. The maximum Gasteiger partial charge on any atom is 0.248 e. The standard InChI is InChI=1S/C19H28N6O.HI/c1-12(10-17-13(2)24-25(5)14(17)3)23-19(21-4)22-11-15-6-8-16(9-7-15)18(20)26;/h6-9,12H,10-11H2,1-5H3,(H2,20,26)(H2,21,22,23);1H. The van der Waals surface area contributed by atoms with Gasteiger partial charge >= 0.3 is 0 Å². The fourth-order valence-corrected chi connectivity index (χ4v) is 2.87. The van der Waals surface area contributed by atoms with Crippen molar-refractivity contribution in [1.29, 1.82) is 0 Å². The Labute approximate surface area is 177 Å². The largest absolute Gasteiger partial charge is 0.366 e. The summed E-state index contributed by atoms with van der Waals surface area (Å²) in [6.45, 7) is 6.86. The number of carbonyl (C=O) groups excluding carboxylic acids is 1. The fourth-order valence-electron chi connectivity index (χ4n) is 2.87. The van der Waals surface area contributed by atoms with Crippen LogP contribution in [-0.2, 0) is 20.0 Å². The number of carbonyl (C=O) groups is 1. The molecule has 8 heteroatoms. The summed E-state index contributed by atoms with van der Waals surface area (Å²) < 4.78 is 1.92. The Morgan fingerprint density at radius 3 is 2.41 bits per heavy atom. The van der Waals surface area contributed by atoms with E-state index in [2.05, 4.69) is 34.6 Å². The number of nitrogens with one attached hydrogen (secondary N) is 2. The first-order valence-electron chi connectivity index (χ1n) is 8.66. The quantitative estimate of drug-likeness (QED) is 0.332. The van der Waals surface area contributed by atoms with Gasteiger partial charge in [-0.25, -0.2) is 0 Å². The second kappa shape index (κ2) is 10.3. The summed E-state index contributed by atoms with van der Waals surface area (Å²) in [4.78, 5) is 15.4. The molecule has 148 valence electrons. The van der Waals surface area contributed by atoms with Gasteiger partial charge in [0.2, 0.25) is 5.91 Å². The second-order valence-electron chi connectivity index (χ2n) is 6.51. The summed E-state index contributed by atoms with van der Waals surface area (Å²) in [5.41, 5.74) is 10.3. The lowest BCUT2D eigenvalue weighted by Crippen LogP contribution is -2.42. The molecular formula is C19H29IN6O. The zero-order valence-corrected chi connectivity index (χ0v) is 18.9. The zero-order valence-electron chi connectivity index (χ0n) is 16.5. The van der Waals surface area contributed by atoms with E-state index in [1.807, 2.05) is 30.8 Å². The molecule has 0 bridgehead atoms. The monoisotopic (exact) mass is 484 g/mol. The topological polar surface area (TPSA) is 97.3 Å². The van der Waals surface area contributed by atoms with Crippen molar-refractivity contribution in [2.45, 2.75) is 39.8 Å². The number of amides is 1. The first kappa shape index (κ1) is 22.9. The molecule has 0 saturated heterocycles. The molecule has 0 spiro atoms. The van der Waals surface area contributed by atoms with Gasteiger partial charge in [0.25, 0.3) is 0 Å². The predicted molar refractivity (Wildman–Crippen MR) is 120 cm³/mol. The van der Waals surface area contributed by atoms with Gasteiger partial charge < -0.3 is 16.4 Å². The zero-order chi connectivity index (χ0) is 19.3. The van der Waals surface area contributed by atoms with Crippen LogP contribution in [0.2, 0.25) is 0 Å². The molecule has 0 fully saturated rings. The normalized spacial score (nSPS) is 12.3. The van der Waals surface area contributed by atoms with E-state index in [4.69, 9.17) is 5.73 Å². The summed E-state index contributed by atoms with van der Waals surface area (Å²) in [6.07, 6.45) is 0.875. The van der Waals surface area contributed by atoms with Gasteiger partial charge in [0.15, 0.2) is 5.96 Å². The van der Waals surface area contributed by atoms with Crippen molar-refractivity contribution in [3.63, 3.8) is 0 Å². The number of halogens is 1. The van der Waals surface area contributed by atoms with Crippen molar-refractivity contribution in [2.24, 2.45) is 17.8 Å². The van der Waals surface area contributed by atoms with E-state index in [0.717, 1.165) is 23.6 Å². The highest BCUT2D eigenvalue weighted by atomic mass is 127. The van der Waals surface area contributed by atoms with Crippen molar-refractivity contribution in [3.8, 4) is 0 Å². The molecule has 2 rings (SSSR count). The fraction of sp³-hybridized carbons (Fsp3) is 0.421. The van der Waals surface area contributed by atoms with E-state index in [9.17, 15) is 4.79 Å². The summed E-state index contributed by atoms with van der Waals surface area (Å²) in [5.74, 6) is 0.312. The van der Waals surface area contributed by atoms with Crippen molar-refractivity contribution in [1.82, 2.24) is 20.4 Å². The third-order valence-electron chi connectivity index (χ3n) is 4.47. The van der Waals surface area contributed by atoms with Crippen molar-refractivity contribution in [2.75, 3.05) is 7.05 Å². The Bertz CT molecular complexity index is 797. The van der Waals surface area contributed by atoms with E-state index in [0.29, 0.717) is 12.1 Å². The number of aliphatic imine (C=N–C) groups is 1. The molecule has 27 heavy (non-hydrogen) atoms. The minimum atomic E-state index is -0.420. The summed E-state index contributed by atoms with van der Waals surface area (Å²) in [7, 11) is 3.72. The van der Waals surface area contributed by atoms with Crippen molar-refractivity contribution >= 4 is 35.8 Å². The molecule has 1 aromatic carbocycles. The Hall–Kier alpha value is -2.10. The van der Waals surface area contributed by atoms with Gasteiger partial charge in [-0.1, -0.05) is 12.1 Å². The van der Waals surface area contributed by atoms with Gasteiger partial charge in [-0.15, -0.1) is 24.0 Å². The summed E-state index contributed by atoms with van der Waals surface area (Å²) in [6, 6.07) is 7.43. The van der Waals surface area contributed by atoms with Gasteiger partial charge in [0, 0.05) is 37.9 Å². The molecule has 1 heterocycles. The molecule has 0 saturated carbocycles. The van der Waals surface area contributed by atoms with Crippen LogP contribution < -0.4 is 16.4 Å². The van der Waals surface area contributed by atoms with Gasteiger partial charge in [-0.05, 0) is 50.5 Å². The van der Waals surface area contributed by atoms with Crippen LogP contribution in [0.15, 0.2) is 29.3 Å². The number of nitrogens with zero attached hydrogens (tertiary/aromatic N) is 3. The Kier molecular flexibility index (Phi) is 8.74. The first-order valence-corrected chi connectivity index (χ1v) is 8.66. The number of benzene rings is 1. The lowest BCUT2D eigenvalue weighted by Gasteiger charge is -2.18. The third kappa shape index (κ3) is 6.23. The maximum atomic E-state index is 11.1. The molecule has 1 aromatic heterocycles. The van der Waals surface area contributed by atoms with Crippen LogP contribution in [0.5, 0.6) is 0 Å². The van der Waals surface area contributed by atoms with Crippen molar-refractivity contribution < 1.29 is 4.79 Å². The van der Waals surface area contributed by atoms with Crippen LogP contribution >= 0.6 is 24.0 Å². The SMILES string of the molecule is CN=C(NCc1ccc(C(N)=O)cc1)NC(C)Cc1c(C)nn(C)c1C.I. The van der Waals surface area contributed by atoms with Crippen LogP contribution in [0.1, 0.15) is 39.8 Å². The molecule has 1 amide bonds. The molecule has 2 aromatic rings. The molecule has 7 nitrogen and oxygen atoms in total. The summed E-state index contributed by atoms with van der Waals surface area (Å²) >= 11 is 0. The molecule has 4 N–H and O–H groups in total. The van der Waals surface area contributed by atoms with Crippen LogP contribution in [-0.4, -0.2) is 34.7 Å². The maximum absolute atomic E-state index is 11.1. The molecule has 1 unspecified atom stereocenters. The number of hydrogen-bond donors (Lipinski definition) is 3. The lowest BCUT2D eigenvalue weighted by molar-refractivity contribution is 0.100. The number of aromatic nitrogens is 2. The molecule has 0 aliphatic heterocycles. The first-order chi connectivity index (χ1) is 12.3. The van der Waals surface area contributed by atoms with Crippen LogP contribution in [0, 0.1) is 13.8 Å². The lowest BCUT2D eigenvalue weighted by atomic mass is 10.1. The highest BCUT2D eigenvalue weighted by Crippen LogP contribution is 2.14. The average Bonchev–Trinajstić information content (AvgIpc) is 2.85. The minimum Gasteiger partial charge on any atom is -0.366 e. The molecule has 1 atom stereocenters. The van der Waals surface area contributed by atoms with Crippen LogP contribution in [0.25, 0.3) is 0 Å². The number of nitrogens with two attached hydrogens (primary N) is 1. The Balaban J connectivity index is 0.00000364. The molecule has 0 radical (unpaired) electrons. The number of hydrogen-bond acceptors (Lipinski definition) is 3. The summed E-state index contributed by atoms with van der Waals surface area (Å²) in [5, 5.41) is 11.2. The highest BCUT2D eigenvalue weighted by Gasteiger charge is 2.14. The molecular weight excluding hydrogens is 455 g/mol. The minimum absolute atomic E-state index is 0. The average molecular weight is 484 g/mol. The number of primary amides is 1. The third-order valence-corrected chi connectivity index (χ3v) is 4.47. The van der Waals surface area contributed by atoms with Crippen LogP contribution in [0.4, 0.5) is 0 Å². The van der Waals surface area contributed by atoms with E-state index >= 15 is 0 Å². The molecule has 0 aliphatic rings. The number of guanidine groups is 1. The van der Waals surface area contributed by atoms with Crippen LogP contribution in [0.3, 0.4) is 0 Å². The van der Waals surface area contributed by atoms with E-state index in [1.165, 1.54) is 11.3 Å². The predicted octanol–water partition coefficient (Wildman–Crippen LogP) is 2.05. The van der Waals surface area contributed by atoms with E-state index < -0.39 is 5.91 Å². The van der Waals surface area contributed by atoms with E-state index in [1.54, 1.807) is 19.2 Å². The van der Waals surface area contributed by atoms with E-state index in [-0.39, 0.29) is 30.0 Å². The van der Waals surface area contributed by atoms with Gasteiger partial charge in [-0.3, -0.25) is 14.5 Å². The van der Waals surface area contributed by atoms with Gasteiger partial charge in [0.1, 0.15) is 0 Å². The molecule has 0 aliphatic carbocycles.